The third-order valence-electron chi connectivity index (χ3n) is 4.61. The molecule has 118 valence electrons. The van der Waals surface area contributed by atoms with Gasteiger partial charge in [0.15, 0.2) is 0 Å². The summed E-state index contributed by atoms with van der Waals surface area (Å²) in [5, 5.41) is 7.88. The van der Waals surface area contributed by atoms with Gasteiger partial charge in [0.05, 0.1) is 11.9 Å². The molecule has 0 amide bonds. The minimum atomic E-state index is 0.00537. The maximum absolute atomic E-state index is 12.1. The fourth-order valence-electron chi connectivity index (χ4n) is 3.18. The normalized spacial score (nSPS) is 21.7. The maximum atomic E-state index is 12.1. The Balaban J connectivity index is 1.96. The molecule has 1 fully saturated rings. The first kappa shape index (κ1) is 16.0. The number of aromatic nitrogens is 2. The molecule has 5 heteroatoms. The molecule has 2 rings (SSSR count). The van der Waals surface area contributed by atoms with Crippen molar-refractivity contribution in [1.82, 2.24) is 15.1 Å². The molecule has 0 spiro atoms. The number of anilines is 1. The van der Waals surface area contributed by atoms with Crippen LogP contribution in [0, 0.1) is 5.92 Å². The minimum Gasteiger partial charge on any atom is -0.373 e. The molecule has 1 N–H and O–H groups in total. The molecule has 1 aliphatic carbocycles. The van der Waals surface area contributed by atoms with Crippen LogP contribution >= 0.6 is 0 Å². The van der Waals surface area contributed by atoms with Crippen molar-refractivity contribution in [2.75, 3.05) is 25.0 Å². The van der Waals surface area contributed by atoms with Gasteiger partial charge in [-0.05, 0) is 38.6 Å². The van der Waals surface area contributed by atoms with E-state index >= 15 is 0 Å². The molecule has 1 aromatic rings. The molecule has 0 aliphatic heterocycles. The van der Waals surface area contributed by atoms with Gasteiger partial charge in [0.2, 0.25) is 0 Å². The van der Waals surface area contributed by atoms with E-state index in [0.29, 0.717) is 12.0 Å². The van der Waals surface area contributed by atoms with Gasteiger partial charge in [0.25, 0.3) is 5.56 Å². The summed E-state index contributed by atoms with van der Waals surface area (Å²) in [6.07, 6.45) is 6.66. The Morgan fingerprint density at radius 3 is 2.90 bits per heavy atom. The van der Waals surface area contributed by atoms with Crippen molar-refractivity contribution in [2.24, 2.45) is 5.92 Å². The Morgan fingerprint density at radius 1 is 1.43 bits per heavy atom. The molecule has 0 saturated heterocycles. The van der Waals surface area contributed by atoms with Crippen molar-refractivity contribution in [3.05, 3.63) is 22.6 Å². The SMILES string of the molecule is CCNC1CCCC1CCn1ncc(N(C)CC)cc1=O. The summed E-state index contributed by atoms with van der Waals surface area (Å²) in [6, 6.07) is 2.31. The smallest absolute Gasteiger partial charge is 0.268 e. The molecule has 2 atom stereocenters. The van der Waals surface area contributed by atoms with Crippen LogP contribution in [0.3, 0.4) is 0 Å². The Labute approximate surface area is 127 Å². The predicted molar refractivity (Wildman–Crippen MR) is 86.9 cm³/mol. The van der Waals surface area contributed by atoms with E-state index in [1.807, 2.05) is 11.9 Å². The number of nitrogens with zero attached hydrogens (tertiary/aromatic N) is 3. The monoisotopic (exact) mass is 292 g/mol. The highest BCUT2D eigenvalue weighted by Gasteiger charge is 2.26. The maximum Gasteiger partial charge on any atom is 0.268 e. The molecule has 1 saturated carbocycles. The average Bonchev–Trinajstić information content (AvgIpc) is 2.93. The lowest BCUT2D eigenvalue weighted by Crippen LogP contribution is -2.33. The predicted octanol–water partition coefficient (Wildman–Crippen LogP) is 1.87. The van der Waals surface area contributed by atoms with E-state index in [4.69, 9.17) is 0 Å². The van der Waals surface area contributed by atoms with E-state index < -0.39 is 0 Å². The van der Waals surface area contributed by atoms with Gasteiger partial charge >= 0.3 is 0 Å². The first-order valence-electron chi connectivity index (χ1n) is 8.17. The van der Waals surface area contributed by atoms with Gasteiger partial charge in [-0.2, -0.15) is 5.10 Å². The highest BCUT2D eigenvalue weighted by atomic mass is 16.1. The Hall–Kier alpha value is -1.36. The van der Waals surface area contributed by atoms with Crippen molar-refractivity contribution in [3.63, 3.8) is 0 Å². The summed E-state index contributed by atoms with van der Waals surface area (Å²) in [5.41, 5.74) is 0.899. The third kappa shape index (κ3) is 4.06. The van der Waals surface area contributed by atoms with Gasteiger partial charge in [-0.15, -0.1) is 0 Å². The lowest BCUT2D eigenvalue weighted by Gasteiger charge is -2.20. The largest absolute Gasteiger partial charge is 0.373 e. The lowest BCUT2D eigenvalue weighted by atomic mass is 9.99. The summed E-state index contributed by atoms with van der Waals surface area (Å²) < 4.78 is 1.61. The topological polar surface area (TPSA) is 50.2 Å². The van der Waals surface area contributed by atoms with Crippen molar-refractivity contribution in [2.45, 2.75) is 52.1 Å². The molecule has 1 aliphatic rings. The highest BCUT2D eigenvalue weighted by Crippen LogP contribution is 2.28. The van der Waals surface area contributed by atoms with Gasteiger partial charge in [0, 0.05) is 32.2 Å². The van der Waals surface area contributed by atoms with E-state index in [1.165, 1.54) is 19.3 Å². The van der Waals surface area contributed by atoms with Gasteiger partial charge in [-0.25, -0.2) is 4.68 Å². The number of rotatable bonds is 7. The molecular formula is C16H28N4O. The number of aryl methyl sites for hydroxylation is 1. The number of nitrogens with one attached hydrogen (secondary N) is 1. The van der Waals surface area contributed by atoms with Crippen molar-refractivity contribution < 1.29 is 0 Å². The molecule has 0 radical (unpaired) electrons. The molecule has 0 aromatic carbocycles. The third-order valence-corrected chi connectivity index (χ3v) is 4.61. The van der Waals surface area contributed by atoms with E-state index in [-0.39, 0.29) is 5.56 Å². The average molecular weight is 292 g/mol. The molecule has 1 heterocycles. The zero-order valence-corrected chi connectivity index (χ0v) is 13.5. The van der Waals surface area contributed by atoms with Crippen LogP contribution in [-0.2, 0) is 6.54 Å². The van der Waals surface area contributed by atoms with Crippen LogP contribution in [0.25, 0.3) is 0 Å². The van der Waals surface area contributed by atoms with Crippen molar-refractivity contribution >= 4 is 5.69 Å². The van der Waals surface area contributed by atoms with Gasteiger partial charge in [-0.3, -0.25) is 4.79 Å². The van der Waals surface area contributed by atoms with E-state index in [2.05, 4.69) is 24.3 Å². The zero-order chi connectivity index (χ0) is 15.2. The number of hydrogen-bond donors (Lipinski definition) is 1. The Morgan fingerprint density at radius 2 is 2.24 bits per heavy atom. The van der Waals surface area contributed by atoms with Gasteiger partial charge in [-0.1, -0.05) is 13.3 Å². The molecular weight excluding hydrogens is 264 g/mol. The van der Waals surface area contributed by atoms with Gasteiger partial charge < -0.3 is 10.2 Å². The lowest BCUT2D eigenvalue weighted by molar-refractivity contribution is 0.355. The minimum absolute atomic E-state index is 0.00537. The second-order valence-corrected chi connectivity index (χ2v) is 5.93. The van der Waals surface area contributed by atoms with E-state index in [9.17, 15) is 4.79 Å². The standard InChI is InChI=1S/C16H28N4O/c1-4-17-15-8-6-7-13(15)9-10-20-16(21)11-14(12-18-20)19(3)5-2/h11-13,15,17H,4-10H2,1-3H3. The summed E-state index contributed by atoms with van der Waals surface area (Å²) in [7, 11) is 1.97. The quantitative estimate of drug-likeness (QED) is 0.833. The van der Waals surface area contributed by atoms with Crippen LogP contribution in [0.5, 0.6) is 0 Å². The molecule has 1 aromatic heterocycles. The van der Waals surface area contributed by atoms with E-state index in [1.54, 1.807) is 16.9 Å². The van der Waals surface area contributed by atoms with Crippen LogP contribution < -0.4 is 15.8 Å². The molecule has 21 heavy (non-hydrogen) atoms. The summed E-state index contributed by atoms with van der Waals surface area (Å²) in [4.78, 5) is 14.2. The van der Waals surface area contributed by atoms with Crippen LogP contribution in [-0.4, -0.2) is 36.0 Å². The Bertz CT molecular complexity index is 499. The van der Waals surface area contributed by atoms with Crippen LogP contribution in [0.1, 0.15) is 39.5 Å². The second-order valence-electron chi connectivity index (χ2n) is 5.93. The van der Waals surface area contributed by atoms with Crippen LogP contribution in [0.2, 0.25) is 0 Å². The van der Waals surface area contributed by atoms with Gasteiger partial charge in [0.1, 0.15) is 0 Å². The first-order valence-corrected chi connectivity index (χ1v) is 8.17. The van der Waals surface area contributed by atoms with Crippen LogP contribution in [0.4, 0.5) is 5.69 Å². The second kappa shape index (κ2) is 7.59. The fraction of sp³-hybridized carbons (Fsp3) is 0.750. The van der Waals surface area contributed by atoms with Crippen molar-refractivity contribution in [3.8, 4) is 0 Å². The van der Waals surface area contributed by atoms with Crippen LogP contribution in [0.15, 0.2) is 17.1 Å². The molecule has 5 nitrogen and oxygen atoms in total. The number of hydrogen-bond acceptors (Lipinski definition) is 4. The summed E-state index contributed by atoms with van der Waals surface area (Å²) in [5.74, 6) is 0.677. The Kier molecular flexibility index (Phi) is 5.79. The molecule has 2 unspecified atom stereocenters. The van der Waals surface area contributed by atoms with E-state index in [0.717, 1.165) is 31.7 Å². The fourth-order valence-corrected chi connectivity index (χ4v) is 3.18. The van der Waals surface area contributed by atoms with Crippen molar-refractivity contribution in [1.29, 1.82) is 0 Å². The summed E-state index contributed by atoms with van der Waals surface area (Å²) >= 11 is 0. The molecule has 0 bridgehead atoms. The summed E-state index contributed by atoms with van der Waals surface area (Å²) in [6.45, 7) is 6.84. The first-order chi connectivity index (χ1) is 10.2. The highest BCUT2D eigenvalue weighted by molar-refractivity contribution is 5.41. The zero-order valence-electron chi connectivity index (χ0n) is 13.5.